The predicted octanol–water partition coefficient (Wildman–Crippen LogP) is 3.09. The van der Waals surface area contributed by atoms with E-state index in [4.69, 9.17) is 15.9 Å². The van der Waals surface area contributed by atoms with Gasteiger partial charge in [-0.1, -0.05) is 38.3 Å². The van der Waals surface area contributed by atoms with E-state index in [2.05, 4.69) is 13.8 Å². The SMILES string of the molecule is CCC(CC)COc1ccc(C)cc1C(=N)N. The lowest BCUT2D eigenvalue weighted by Crippen LogP contribution is -2.16. The quantitative estimate of drug-likeness (QED) is 0.587. The molecule has 0 saturated carbocycles. The van der Waals surface area contributed by atoms with E-state index in [1.54, 1.807) is 0 Å². The average molecular weight is 234 g/mol. The van der Waals surface area contributed by atoms with Gasteiger partial charge >= 0.3 is 0 Å². The molecule has 0 amide bonds. The number of benzene rings is 1. The summed E-state index contributed by atoms with van der Waals surface area (Å²) in [5.74, 6) is 1.35. The van der Waals surface area contributed by atoms with Crippen LogP contribution in [0.4, 0.5) is 0 Å². The molecule has 0 saturated heterocycles. The van der Waals surface area contributed by atoms with E-state index in [1.165, 1.54) is 0 Å². The number of rotatable bonds is 6. The number of nitrogens with two attached hydrogens (primary N) is 1. The zero-order chi connectivity index (χ0) is 12.8. The summed E-state index contributed by atoms with van der Waals surface area (Å²) in [4.78, 5) is 0. The van der Waals surface area contributed by atoms with Gasteiger partial charge in [0.1, 0.15) is 11.6 Å². The minimum atomic E-state index is 0.0632. The number of nitrogen functional groups attached to an aromatic ring is 1. The summed E-state index contributed by atoms with van der Waals surface area (Å²) in [6.07, 6.45) is 2.22. The minimum Gasteiger partial charge on any atom is -0.493 e. The Kier molecular flexibility index (Phi) is 5.01. The Morgan fingerprint density at radius 1 is 1.35 bits per heavy atom. The highest BCUT2D eigenvalue weighted by Crippen LogP contribution is 2.21. The van der Waals surface area contributed by atoms with E-state index >= 15 is 0 Å². The number of aryl methyl sites for hydroxylation is 1. The fourth-order valence-electron chi connectivity index (χ4n) is 1.71. The van der Waals surface area contributed by atoms with Gasteiger partial charge in [0.05, 0.1) is 12.2 Å². The van der Waals surface area contributed by atoms with Crippen molar-refractivity contribution < 1.29 is 4.74 Å². The monoisotopic (exact) mass is 234 g/mol. The van der Waals surface area contributed by atoms with Crippen LogP contribution in [0, 0.1) is 18.3 Å². The van der Waals surface area contributed by atoms with Crippen LogP contribution in [-0.2, 0) is 0 Å². The largest absolute Gasteiger partial charge is 0.493 e. The van der Waals surface area contributed by atoms with Crippen molar-refractivity contribution in [2.45, 2.75) is 33.6 Å². The Hall–Kier alpha value is -1.51. The molecule has 0 aliphatic carbocycles. The van der Waals surface area contributed by atoms with Gasteiger partial charge in [-0.15, -0.1) is 0 Å². The predicted molar refractivity (Wildman–Crippen MR) is 71.8 cm³/mol. The van der Waals surface area contributed by atoms with Crippen LogP contribution in [0.5, 0.6) is 5.75 Å². The van der Waals surface area contributed by atoms with Crippen LogP contribution < -0.4 is 10.5 Å². The standard InChI is InChI=1S/C14H22N2O/c1-4-11(5-2)9-17-13-7-6-10(3)8-12(13)14(15)16/h6-8,11H,4-5,9H2,1-3H3,(H3,15,16). The summed E-state index contributed by atoms with van der Waals surface area (Å²) in [5, 5.41) is 7.55. The molecular weight excluding hydrogens is 212 g/mol. The Balaban J connectivity index is 2.80. The highest BCUT2D eigenvalue weighted by molar-refractivity contribution is 5.97. The first-order valence-electron chi connectivity index (χ1n) is 6.16. The Morgan fingerprint density at radius 2 is 2.00 bits per heavy atom. The molecule has 3 heteroatoms. The Morgan fingerprint density at radius 3 is 2.53 bits per heavy atom. The molecule has 0 heterocycles. The number of ether oxygens (including phenoxy) is 1. The summed E-state index contributed by atoms with van der Waals surface area (Å²) in [6, 6.07) is 5.77. The third-order valence-corrected chi connectivity index (χ3v) is 3.05. The molecule has 17 heavy (non-hydrogen) atoms. The van der Waals surface area contributed by atoms with Crippen LogP contribution in [0.25, 0.3) is 0 Å². The summed E-state index contributed by atoms with van der Waals surface area (Å²) < 4.78 is 5.78. The molecule has 0 aliphatic heterocycles. The van der Waals surface area contributed by atoms with E-state index in [1.807, 2.05) is 25.1 Å². The van der Waals surface area contributed by atoms with Crippen molar-refractivity contribution in [1.82, 2.24) is 0 Å². The first kappa shape index (κ1) is 13.6. The first-order valence-corrected chi connectivity index (χ1v) is 6.16. The molecule has 94 valence electrons. The fraction of sp³-hybridized carbons (Fsp3) is 0.500. The molecule has 1 rings (SSSR count). The molecule has 3 nitrogen and oxygen atoms in total. The lowest BCUT2D eigenvalue weighted by atomic mass is 10.1. The molecule has 0 bridgehead atoms. The summed E-state index contributed by atoms with van der Waals surface area (Å²) in [5.41, 5.74) is 7.34. The number of nitrogens with one attached hydrogen (secondary N) is 1. The van der Waals surface area contributed by atoms with Crippen molar-refractivity contribution in [3.63, 3.8) is 0 Å². The van der Waals surface area contributed by atoms with E-state index < -0.39 is 0 Å². The normalized spacial score (nSPS) is 10.6. The molecule has 0 fully saturated rings. The van der Waals surface area contributed by atoms with E-state index in [-0.39, 0.29) is 5.84 Å². The summed E-state index contributed by atoms with van der Waals surface area (Å²) in [6.45, 7) is 7.00. The summed E-state index contributed by atoms with van der Waals surface area (Å²) in [7, 11) is 0. The molecule has 0 atom stereocenters. The molecular formula is C14H22N2O. The van der Waals surface area contributed by atoms with Crippen molar-refractivity contribution >= 4 is 5.84 Å². The highest BCUT2D eigenvalue weighted by Gasteiger charge is 2.09. The van der Waals surface area contributed by atoms with Gasteiger partial charge in [0.2, 0.25) is 0 Å². The number of hydrogen-bond donors (Lipinski definition) is 2. The Labute approximate surface area is 103 Å². The maximum atomic E-state index is 7.55. The van der Waals surface area contributed by atoms with Gasteiger partial charge < -0.3 is 10.5 Å². The molecule has 0 aromatic heterocycles. The smallest absolute Gasteiger partial charge is 0.130 e. The van der Waals surface area contributed by atoms with Crippen molar-refractivity contribution in [1.29, 1.82) is 5.41 Å². The highest BCUT2D eigenvalue weighted by atomic mass is 16.5. The maximum absolute atomic E-state index is 7.55. The van der Waals surface area contributed by atoms with Gasteiger partial charge in [-0.2, -0.15) is 0 Å². The first-order chi connectivity index (χ1) is 8.08. The third kappa shape index (κ3) is 3.77. The van der Waals surface area contributed by atoms with E-state index in [0.29, 0.717) is 18.1 Å². The van der Waals surface area contributed by atoms with Gasteiger partial charge in [0.15, 0.2) is 0 Å². The van der Waals surface area contributed by atoms with Crippen LogP contribution in [0.2, 0.25) is 0 Å². The van der Waals surface area contributed by atoms with Gasteiger partial charge in [0.25, 0.3) is 0 Å². The van der Waals surface area contributed by atoms with Crippen molar-refractivity contribution in [2.24, 2.45) is 11.7 Å². The van der Waals surface area contributed by atoms with E-state index in [9.17, 15) is 0 Å². The molecule has 0 spiro atoms. The minimum absolute atomic E-state index is 0.0632. The fourth-order valence-corrected chi connectivity index (χ4v) is 1.71. The lowest BCUT2D eigenvalue weighted by molar-refractivity contribution is 0.240. The van der Waals surface area contributed by atoms with Crippen LogP contribution in [0.15, 0.2) is 18.2 Å². The lowest BCUT2D eigenvalue weighted by Gasteiger charge is -2.16. The maximum Gasteiger partial charge on any atom is 0.130 e. The van der Waals surface area contributed by atoms with Crippen molar-refractivity contribution in [3.05, 3.63) is 29.3 Å². The van der Waals surface area contributed by atoms with E-state index in [0.717, 1.165) is 24.2 Å². The third-order valence-electron chi connectivity index (χ3n) is 3.05. The van der Waals surface area contributed by atoms with Gasteiger partial charge in [-0.05, 0) is 25.0 Å². The zero-order valence-corrected chi connectivity index (χ0v) is 10.9. The molecule has 1 aromatic rings. The zero-order valence-electron chi connectivity index (χ0n) is 10.9. The van der Waals surface area contributed by atoms with Crippen LogP contribution in [0.1, 0.15) is 37.8 Å². The van der Waals surface area contributed by atoms with Crippen LogP contribution in [-0.4, -0.2) is 12.4 Å². The molecule has 0 aliphatic rings. The van der Waals surface area contributed by atoms with Crippen molar-refractivity contribution in [3.8, 4) is 5.75 Å². The second kappa shape index (κ2) is 6.28. The van der Waals surface area contributed by atoms with Gasteiger partial charge in [-0.3, -0.25) is 5.41 Å². The second-order valence-corrected chi connectivity index (χ2v) is 4.41. The average Bonchev–Trinajstić information content (AvgIpc) is 2.31. The Bertz CT molecular complexity index is 384. The van der Waals surface area contributed by atoms with Crippen molar-refractivity contribution in [2.75, 3.05) is 6.61 Å². The van der Waals surface area contributed by atoms with Gasteiger partial charge in [-0.25, -0.2) is 0 Å². The number of hydrogen-bond acceptors (Lipinski definition) is 2. The molecule has 1 aromatic carbocycles. The summed E-state index contributed by atoms with van der Waals surface area (Å²) >= 11 is 0. The molecule has 0 radical (unpaired) electrons. The van der Waals surface area contributed by atoms with Crippen LogP contribution in [0.3, 0.4) is 0 Å². The van der Waals surface area contributed by atoms with Gasteiger partial charge in [0, 0.05) is 0 Å². The number of amidine groups is 1. The second-order valence-electron chi connectivity index (χ2n) is 4.41. The molecule has 3 N–H and O–H groups in total. The topological polar surface area (TPSA) is 59.1 Å². The van der Waals surface area contributed by atoms with Crippen LogP contribution >= 0.6 is 0 Å². The molecule has 0 unspecified atom stereocenters.